The van der Waals surface area contributed by atoms with E-state index >= 15 is 0 Å². The smallest absolute Gasteiger partial charge is 0.218 e. The summed E-state index contributed by atoms with van der Waals surface area (Å²) in [5, 5.41) is 0. The Morgan fingerprint density at radius 1 is 1.32 bits per heavy atom. The summed E-state index contributed by atoms with van der Waals surface area (Å²) < 4.78 is 1.96. The highest BCUT2D eigenvalue weighted by Gasteiger charge is 2.46. The van der Waals surface area contributed by atoms with Gasteiger partial charge in [-0.05, 0) is 32.9 Å². The average Bonchev–Trinajstić information content (AvgIpc) is 3.08. The van der Waals surface area contributed by atoms with Gasteiger partial charge in [-0.15, -0.1) is 0 Å². The van der Waals surface area contributed by atoms with Crippen LogP contribution in [0.4, 0.5) is 0 Å². The number of ketones is 1. The standard InChI is InChI=1S/C15H25N3O/c1-4-17-12-11-16-14(17)13(19)15(9-7-8-10-15)18(5-2)6-3/h11-12H,4-10H2,1-3H3. The van der Waals surface area contributed by atoms with E-state index in [2.05, 4.69) is 30.7 Å². The number of imidazole rings is 1. The second-order valence-electron chi connectivity index (χ2n) is 5.28. The molecule has 0 amide bonds. The Balaban J connectivity index is 2.37. The minimum atomic E-state index is -0.304. The van der Waals surface area contributed by atoms with Gasteiger partial charge in [0.2, 0.25) is 5.78 Å². The first-order valence-electron chi connectivity index (χ1n) is 7.50. The summed E-state index contributed by atoms with van der Waals surface area (Å²) in [5.41, 5.74) is -0.304. The van der Waals surface area contributed by atoms with Gasteiger partial charge in [0.15, 0.2) is 5.82 Å². The van der Waals surface area contributed by atoms with E-state index in [1.807, 2.05) is 10.8 Å². The Morgan fingerprint density at radius 3 is 2.47 bits per heavy atom. The summed E-state index contributed by atoms with van der Waals surface area (Å²) in [7, 11) is 0. The molecule has 106 valence electrons. The SMILES string of the molecule is CCN(CC)C1(C(=O)c2nccn2CC)CCCC1. The Morgan fingerprint density at radius 2 is 1.95 bits per heavy atom. The minimum absolute atomic E-state index is 0.223. The topological polar surface area (TPSA) is 38.1 Å². The molecule has 1 aliphatic carbocycles. The van der Waals surface area contributed by atoms with E-state index in [-0.39, 0.29) is 11.3 Å². The van der Waals surface area contributed by atoms with Crippen molar-refractivity contribution in [1.82, 2.24) is 14.5 Å². The van der Waals surface area contributed by atoms with Crippen LogP contribution in [0.25, 0.3) is 0 Å². The largest absolute Gasteiger partial charge is 0.329 e. The van der Waals surface area contributed by atoms with Crippen molar-refractivity contribution < 1.29 is 4.79 Å². The second-order valence-corrected chi connectivity index (χ2v) is 5.28. The molecule has 0 saturated heterocycles. The number of likely N-dealkylation sites (N-methyl/N-ethyl adjacent to an activating group) is 1. The highest BCUT2D eigenvalue weighted by atomic mass is 16.1. The van der Waals surface area contributed by atoms with Crippen molar-refractivity contribution in [3.8, 4) is 0 Å². The van der Waals surface area contributed by atoms with E-state index in [0.717, 1.165) is 45.3 Å². The fraction of sp³-hybridized carbons (Fsp3) is 0.733. The highest BCUT2D eigenvalue weighted by molar-refractivity contribution is 6.00. The first kappa shape index (κ1) is 14.3. The number of hydrogen-bond acceptors (Lipinski definition) is 3. The van der Waals surface area contributed by atoms with Crippen LogP contribution >= 0.6 is 0 Å². The van der Waals surface area contributed by atoms with Crippen molar-refractivity contribution in [2.45, 2.75) is 58.5 Å². The van der Waals surface area contributed by atoms with Crippen LogP contribution in [0.1, 0.15) is 57.1 Å². The van der Waals surface area contributed by atoms with E-state index in [1.54, 1.807) is 6.20 Å². The van der Waals surface area contributed by atoms with Crippen LogP contribution in [-0.2, 0) is 6.54 Å². The number of hydrogen-bond donors (Lipinski definition) is 0. The summed E-state index contributed by atoms with van der Waals surface area (Å²) in [6, 6.07) is 0. The number of rotatable bonds is 6. The molecule has 1 heterocycles. The number of carbonyl (C=O) groups excluding carboxylic acids is 1. The zero-order chi connectivity index (χ0) is 13.9. The maximum Gasteiger partial charge on any atom is 0.218 e. The van der Waals surface area contributed by atoms with Gasteiger partial charge in [0.05, 0.1) is 5.54 Å². The lowest BCUT2D eigenvalue weighted by atomic mass is 9.89. The summed E-state index contributed by atoms with van der Waals surface area (Å²) in [6.45, 7) is 8.99. The predicted octanol–water partition coefficient (Wildman–Crippen LogP) is 2.74. The molecule has 19 heavy (non-hydrogen) atoms. The van der Waals surface area contributed by atoms with Gasteiger partial charge in [0.1, 0.15) is 0 Å². The number of carbonyl (C=O) groups is 1. The lowest BCUT2D eigenvalue weighted by molar-refractivity contribution is 0.0568. The zero-order valence-electron chi connectivity index (χ0n) is 12.4. The van der Waals surface area contributed by atoms with Crippen molar-refractivity contribution in [1.29, 1.82) is 0 Å². The molecule has 1 aromatic rings. The molecule has 0 bridgehead atoms. The van der Waals surface area contributed by atoms with Crippen molar-refractivity contribution in [3.05, 3.63) is 18.2 Å². The van der Waals surface area contributed by atoms with E-state index in [9.17, 15) is 4.79 Å². The van der Waals surface area contributed by atoms with E-state index < -0.39 is 0 Å². The number of aryl methyl sites for hydroxylation is 1. The van der Waals surface area contributed by atoms with Crippen molar-refractivity contribution in [2.24, 2.45) is 0 Å². The normalized spacial score (nSPS) is 18.1. The van der Waals surface area contributed by atoms with Gasteiger partial charge in [0, 0.05) is 18.9 Å². The first-order chi connectivity index (χ1) is 9.19. The number of nitrogens with zero attached hydrogens (tertiary/aromatic N) is 3. The number of aromatic nitrogens is 2. The first-order valence-corrected chi connectivity index (χ1v) is 7.50. The maximum atomic E-state index is 13.0. The van der Waals surface area contributed by atoms with E-state index in [0.29, 0.717) is 5.82 Å². The Labute approximate surface area is 115 Å². The zero-order valence-corrected chi connectivity index (χ0v) is 12.4. The van der Waals surface area contributed by atoms with Crippen LogP contribution < -0.4 is 0 Å². The lowest BCUT2D eigenvalue weighted by Crippen LogP contribution is -2.53. The average molecular weight is 263 g/mol. The molecule has 0 unspecified atom stereocenters. The Kier molecular flexibility index (Phi) is 4.40. The van der Waals surface area contributed by atoms with Gasteiger partial charge in [-0.2, -0.15) is 0 Å². The molecule has 4 heteroatoms. The van der Waals surface area contributed by atoms with Crippen LogP contribution in [-0.4, -0.2) is 38.9 Å². The van der Waals surface area contributed by atoms with Gasteiger partial charge in [-0.3, -0.25) is 9.69 Å². The summed E-state index contributed by atoms with van der Waals surface area (Å²) in [6.07, 6.45) is 7.89. The second kappa shape index (κ2) is 5.87. The summed E-state index contributed by atoms with van der Waals surface area (Å²) in [5.74, 6) is 0.858. The predicted molar refractivity (Wildman–Crippen MR) is 76.4 cm³/mol. The highest BCUT2D eigenvalue weighted by Crippen LogP contribution is 2.37. The molecular formula is C15H25N3O. The van der Waals surface area contributed by atoms with Crippen LogP contribution in [0.3, 0.4) is 0 Å². The van der Waals surface area contributed by atoms with Gasteiger partial charge in [0.25, 0.3) is 0 Å². The molecule has 4 nitrogen and oxygen atoms in total. The fourth-order valence-electron chi connectivity index (χ4n) is 3.46. The molecule has 2 rings (SSSR count). The Hall–Kier alpha value is -1.16. The van der Waals surface area contributed by atoms with Crippen molar-refractivity contribution in [3.63, 3.8) is 0 Å². The van der Waals surface area contributed by atoms with Crippen molar-refractivity contribution in [2.75, 3.05) is 13.1 Å². The van der Waals surface area contributed by atoms with Gasteiger partial charge in [-0.25, -0.2) is 4.98 Å². The van der Waals surface area contributed by atoms with Gasteiger partial charge < -0.3 is 4.57 Å². The molecule has 0 spiro atoms. The molecule has 0 atom stereocenters. The monoisotopic (exact) mass is 263 g/mol. The van der Waals surface area contributed by atoms with Gasteiger partial charge >= 0.3 is 0 Å². The summed E-state index contributed by atoms with van der Waals surface area (Å²) >= 11 is 0. The molecule has 0 aromatic carbocycles. The molecule has 0 radical (unpaired) electrons. The third-order valence-electron chi connectivity index (χ3n) is 4.48. The lowest BCUT2D eigenvalue weighted by Gasteiger charge is -2.38. The summed E-state index contributed by atoms with van der Waals surface area (Å²) in [4.78, 5) is 19.7. The molecule has 0 aliphatic heterocycles. The maximum absolute atomic E-state index is 13.0. The molecule has 1 aliphatic rings. The van der Waals surface area contributed by atoms with E-state index in [1.165, 1.54) is 0 Å². The molecule has 0 N–H and O–H groups in total. The minimum Gasteiger partial charge on any atom is -0.329 e. The van der Waals surface area contributed by atoms with Crippen LogP contribution in [0.5, 0.6) is 0 Å². The van der Waals surface area contributed by atoms with Crippen LogP contribution in [0.2, 0.25) is 0 Å². The molecule has 1 aromatic heterocycles. The molecule has 1 saturated carbocycles. The quantitative estimate of drug-likeness (QED) is 0.741. The third-order valence-corrected chi connectivity index (χ3v) is 4.48. The van der Waals surface area contributed by atoms with Crippen LogP contribution in [0.15, 0.2) is 12.4 Å². The van der Waals surface area contributed by atoms with Gasteiger partial charge in [-0.1, -0.05) is 26.7 Å². The van der Waals surface area contributed by atoms with Crippen molar-refractivity contribution >= 4 is 5.78 Å². The third kappa shape index (κ3) is 2.34. The Bertz CT molecular complexity index is 428. The molecular weight excluding hydrogens is 238 g/mol. The van der Waals surface area contributed by atoms with Crippen LogP contribution in [0, 0.1) is 0 Å². The van der Waals surface area contributed by atoms with E-state index in [4.69, 9.17) is 0 Å². The number of Topliss-reactive ketones (excluding diaryl/α,β-unsaturated/α-hetero) is 1. The fourth-order valence-corrected chi connectivity index (χ4v) is 3.46. The molecule has 1 fully saturated rings.